The van der Waals surface area contributed by atoms with E-state index < -0.39 is 28.5 Å². The van der Waals surface area contributed by atoms with Crippen molar-refractivity contribution < 1.29 is 18.0 Å². The van der Waals surface area contributed by atoms with Crippen molar-refractivity contribution in [1.82, 2.24) is 14.5 Å². The Kier molecular flexibility index (Phi) is 7.73. The second-order valence-corrected chi connectivity index (χ2v) is 10.1. The van der Waals surface area contributed by atoms with Crippen LogP contribution in [-0.4, -0.2) is 56.1 Å². The van der Waals surface area contributed by atoms with Gasteiger partial charge in [-0.1, -0.05) is 60.1 Å². The van der Waals surface area contributed by atoms with Gasteiger partial charge >= 0.3 is 0 Å². The molecular formula is C24H26ClN3O4S. The number of amides is 2. The van der Waals surface area contributed by atoms with Crippen molar-refractivity contribution in [2.45, 2.75) is 24.4 Å². The Labute approximate surface area is 199 Å². The number of halogens is 1. The third-order valence-corrected chi connectivity index (χ3v) is 7.67. The number of rotatable bonds is 8. The summed E-state index contributed by atoms with van der Waals surface area (Å²) in [5.41, 5.74) is 0.656. The fourth-order valence-electron chi connectivity index (χ4n) is 3.48. The molecule has 0 bridgehead atoms. The van der Waals surface area contributed by atoms with Crippen molar-refractivity contribution in [3.63, 3.8) is 0 Å². The third-order valence-electron chi connectivity index (χ3n) is 5.50. The summed E-state index contributed by atoms with van der Waals surface area (Å²) < 4.78 is 27.3. The third kappa shape index (κ3) is 5.52. The quantitative estimate of drug-likeness (QED) is 0.528. The molecule has 0 saturated carbocycles. The number of carbonyl (C=O) groups is 2. The molecule has 0 saturated heterocycles. The van der Waals surface area contributed by atoms with Crippen molar-refractivity contribution in [3.05, 3.63) is 77.3 Å². The van der Waals surface area contributed by atoms with Gasteiger partial charge in [-0.2, -0.15) is 4.31 Å². The van der Waals surface area contributed by atoms with E-state index in [4.69, 9.17) is 11.6 Å². The zero-order valence-corrected chi connectivity index (χ0v) is 20.2. The molecule has 0 fully saturated rings. The number of benzene rings is 3. The van der Waals surface area contributed by atoms with Crippen LogP contribution in [0.4, 0.5) is 0 Å². The number of carbonyl (C=O) groups excluding carboxylic acids is 2. The van der Waals surface area contributed by atoms with E-state index in [0.29, 0.717) is 10.6 Å². The van der Waals surface area contributed by atoms with E-state index in [1.165, 1.54) is 25.1 Å². The molecular weight excluding hydrogens is 462 g/mol. The van der Waals surface area contributed by atoms with E-state index in [1.54, 1.807) is 43.3 Å². The Hall–Kier alpha value is -2.94. The van der Waals surface area contributed by atoms with Crippen molar-refractivity contribution in [3.8, 4) is 0 Å². The van der Waals surface area contributed by atoms with E-state index in [0.717, 1.165) is 15.1 Å². The average molecular weight is 488 g/mol. The normalized spacial score (nSPS) is 12.5. The first kappa shape index (κ1) is 24.7. The van der Waals surface area contributed by atoms with Gasteiger partial charge in [0.05, 0.1) is 11.4 Å². The number of likely N-dealkylation sites (N-methyl/N-ethyl adjacent to an activating group) is 2. The number of nitrogens with zero attached hydrogens (tertiary/aromatic N) is 2. The molecule has 3 aromatic rings. The van der Waals surface area contributed by atoms with Gasteiger partial charge in [-0.15, -0.1) is 0 Å². The Morgan fingerprint density at radius 2 is 1.64 bits per heavy atom. The van der Waals surface area contributed by atoms with Crippen LogP contribution in [0, 0.1) is 0 Å². The molecule has 0 aliphatic heterocycles. The maximum Gasteiger partial charge on any atom is 0.243 e. The lowest BCUT2D eigenvalue weighted by molar-refractivity contribution is -0.140. The van der Waals surface area contributed by atoms with Gasteiger partial charge in [-0.25, -0.2) is 8.42 Å². The van der Waals surface area contributed by atoms with Gasteiger partial charge in [-0.05, 0) is 41.5 Å². The van der Waals surface area contributed by atoms with Crippen molar-refractivity contribution in [2.75, 3.05) is 20.6 Å². The monoisotopic (exact) mass is 487 g/mol. The zero-order valence-electron chi connectivity index (χ0n) is 18.7. The van der Waals surface area contributed by atoms with E-state index in [9.17, 15) is 18.0 Å². The first-order valence-corrected chi connectivity index (χ1v) is 12.2. The largest absolute Gasteiger partial charge is 0.357 e. The molecule has 3 rings (SSSR count). The Bertz CT molecular complexity index is 1280. The SMILES string of the molecule is CNC(=O)[C@@H](C)N(Cc1ccccc1Cl)C(=O)CN(C)S(=O)(=O)c1ccc2ccccc2c1. The molecule has 7 nitrogen and oxygen atoms in total. The molecule has 0 aliphatic rings. The fraction of sp³-hybridized carbons (Fsp3) is 0.250. The van der Waals surface area contributed by atoms with Gasteiger partial charge in [0.25, 0.3) is 0 Å². The molecule has 0 aliphatic carbocycles. The summed E-state index contributed by atoms with van der Waals surface area (Å²) in [6, 6.07) is 18.4. The van der Waals surface area contributed by atoms with Crippen LogP contribution in [-0.2, 0) is 26.2 Å². The topological polar surface area (TPSA) is 86.8 Å². The second-order valence-electron chi connectivity index (χ2n) is 7.67. The number of hydrogen-bond acceptors (Lipinski definition) is 4. The number of nitrogens with one attached hydrogen (secondary N) is 1. The highest BCUT2D eigenvalue weighted by Crippen LogP contribution is 2.22. The zero-order chi connectivity index (χ0) is 24.2. The standard InChI is InChI=1S/C24H26ClN3O4S/c1-17(24(30)26-2)28(15-20-10-6-7-11-22(20)25)23(29)16-27(3)33(31,32)21-13-12-18-8-4-5-9-19(18)14-21/h4-14,17H,15-16H2,1-3H3,(H,26,30)/t17-/m1/s1. The highest BCUT2D eigenvalue weighted by Gasteiger charge is 2.30. The van der Waals surface area contributed by atoms with Crippen LogP contribution >= 0.6 is 11.6 Å². The highest BCUT2D eigenvalue weighted by molar-refractivity contribution is 7.89. The van der Waals surface area contributed by atoms with E-state index in [2.05, 4.69) is 5.32 Å². The van der Waals surface area contributed by atoms with Crippen LogP contribution in [0.3, 0.4) is 0 Å². The lowest BCUT2D eigenvalue weighted by Crippen LogP contribution is -2.50. The minimum Gasteiger partial charge on any atom is -0.357 e. The van der Waals surface area contributed by atoms with Crippen LogP contribution in [0.1, 0.15) is 12.5 Å². The Morgan fingerprint density at radius 1 is 1.00 bits per heavy atom. The maximum atomic E-state index is 13.2. The highest BCUT2D eigenvalue weighted by atomic mass is 35.5. The molecule has 3 aromatic carbocycles. The molecule has 174 valence electrons. The van der Waals surface area contributed by atoms with Crippen LogP contribution in [0.5, 0.6) is 0 Å². The predicted molar refractivity (Wildman–Crippen MR) is 129 cm³/mol. The molecule has 1 N–H and O–H groups in total. The van der Waals surface area contributed by atoms with Gasteiger partial charge in [0.15, 0.2) is 0 Å². The van der Waals surface area contributed by atoms with Crippen molar-refractivity contribution >= 4 is 44.2 Å². The summed E-state index contributed by atoms with van der Waals surface area (Å²) in [6.07, 6.45) is 0. The lowest BCUT2D eigenvalue weighted by Gasteiger charge is -2.30. The van der Waals surface area contributed by atoms with Crippen molar-refractivity contribution in [1.29, 1.82) is 0 Å². The Morgan fingerprint density at radius 3 is 2.30 bits per heavy atom. The lowest BCUT2D eigenvalue weighted by atomic mass is 10.1. The minimum atomic E-state index is -3.93. The van der Waals surface area contributed by atoms with E-state index in [1.807, 2.05) is 24.3 Å². The summed E-state index contributed by atoms with van der Waals surface area (Å²) in [7, 11) is -1.11. The van der Waals surface area contributed by atoms with Gasteiger partial charge in [0.2, 0.25) is 21.8 Å². The smallest absolute Gasteiger partial charge is 0.243 e. The molecule has 0 unspecified atom stereocenters. The molecule has 1 atom stereocenters. The first-order chi connectivity index (χ1) is 15.6. The molecule has 9 heteroatoms. The van der Waals surface area contributed by atoms with Gasteiger partial charge in [0, 0.05) is 25.7 Å². The minimum absolute atomic E-state index is 0.0664. The summed E-state index contributed by atoms with van der Waals surface area (Å²) in [5.74, 6) is -0.881. The number of hydrogen-bond donors (Lipinski definition) is 1. The first-order valence-electron chi connectivity index (χ1n) is 10.3. The van der Waals surface area contributed by atoms with Gasteiger partial charge < -0.3 is 10.2 Å². The van der Waals surface area contributed by atoms with Crippen LogP contribution in [0.15, 0.2) is 71.6 Å². The average Bonchev–Trinajstić information content (AvgIpc) is 2.82. The second kappa shape index (κ2) is 10.3. The molecule has 33 heavy (non-hydrogen) atoms. The molecule has 0 radical (unpaired) electrons. The van der Waals surface area contributed by atoms with Gasteiger partial charge in [0.1, 0.15) is 6.04 Å². The maximum absolute atomic E-state index is 13.2. The summed E-state index contributed by atoms with van der Waals surface area (Å²) in [5, 5.41) is 4.69. The molecule has 0 spiro atoms. The number of fused-ring (bicyclic) bond motifs is 1. The van der Waals surface area contributed by atoms with E-state index in [-0.39, 0.29) is 17.3 Å². The van der Waals surface area contributed by atoms with Crippen LogP contribution in [0.25, 0.3) is 10.8 Å². The summed E-state index contributed by atoms with van der Waals surface area (Å²) in [6.45, 7) is 1.23. The van der Waals surface area contributed by atoms with Crippen LogP contribution in [0.2, 0.25) is 5.02 Å². The predicted octanol–water partition coefficient (Wildman–Crippen LogP) is 3.28. The fourth-order valence-corrected chi connectivity index (χ4v) is 4.83. The number of sulfonamides is 1. The summed E-state index contributed by atoms with van der Waals surface area (Å²) >= 11 is 6.25. The molecule has 0 heterocycles. The van der Waals surface area contributed by atoms with Gasteiger partial charge in [-0.3, -0.25) is 9.59 Å². The Balaban J connectivity index is 1.86. The summed E-state index contributed by atoms with van der Waals surface area (Å²) in [4.78, 5) is 26.9. The van der Waals surface area contributed by atoms with E-state index >= 15 is 0 Å². The molecule has 2 amide bonds. The molecule has 0 aromatic heterocycles. The van der Waals surface area contributed by atoms with Crippen LogP contribution < -0.4 is 5.32 Å². The van der Waals surface area contributed by atoms with Crippen molar-refractivity contribution in [2.24, 2.45) is 0 Å².